The van der Waals surface area contributed by atoms with Gasteiger partial charge in [0.2, 0.25) is 0 Å². The summed E-state index contributed by atoms with van der Waals surface area (Å²) in [4.78, 5) is 26.8. The second kappa shape index (κ2) is 5.92. The number of alkyl halides is 3. The highest BCUT2D eigenvalue weighted by Crippen LogP contribution is 2.29. The Morgan fingerprint density at radius 1 is 1.05 bits per heavy atom. The van der Waals surface area contributed by atoms with E-state index >= 15 is 0 Å². The predicted molar refractivity (Wildman–Crippen MR) is 70.8 cm³/mol. The number of hydrogen-bond acceptors (Lipinski definition) is 4. The van der Waals surface area contributed by atoms with Gasteiger partial charge in [0.25, 0.3) is 0 Å². The molecule has 0 radical (unpaired) electrons. The predicted octanol–water partition coefficient (Wildman–Crippen LogP) is 2.74. The molecule has 1 heterocycles. The topological polar surface area (TPSA) is 71.1 Å². The van der Waals surface area contributed by atoms with E-state index in [9.17, 15) is 22.8 Å². The first-order valence-corrected chi connectivity index (χ1v) is 6.43. The van der Waals surface area contributed by atoms with Gasteiger partial charge in [-0.25, -0.2) is 4.98 Å². The summed E-state index contributed by atoms with van der Waals surface area (Å²) in [7, 11) is 0. The van der Waals surface area contributed by atoms with Gasteiger partial charge in [-0.3, -0.25) is 14.9 Å². The minimum atomic E-state index is -4.45. The molecule has 2 N–H and O–H groups in total. The van der Waals surface area contributed by atoms with E-state index in [-0.39, 0.29) is 10.8 Å². The van der Waals surface area contributed by atoms with Crippen molar-refractivity contribution < 1.29 is 22.8 Å². The Balaban J connectivity index is 1.98. The molecule has 9 heteroatoms. The Kier molecular flexibility index (Phi) is 4.22. The SMILES string of the molecule is O=C(Nc1ccc(C(F)(F)F)cc1)C(=O)Nc1nccs1. The molecule has 5 nitrogen and oxygen atoms in total. The highest BCUT2D eigenvalue weighted by Gasteiger charge is 2.30. The maximum absolute atomic E-state index is 12.4. The van der Waals surface area contributed by atoms with Crippen LogP contribution >= 0.6 is 11.3 Å². The number of rotatable bonds is 2. The molecule has 2 aromatic rings. The van der Waals surface area contributed by atoms with Crippen molar-refractivity contribution in [2.24, 2.45) is 0 Å². The van der Waals surface area contributed by atoms with Crippen LogP contribution < -0.4 is 10.6 Å². The Labute approximate surface area is 120 Å². The summed E-state index contributed by atoms with van der Waals surface area (Å²) in [6.07, 6.45) is -3.00. The van der Waals surface area contributed by atoms with Crippen LogP contribution in [0.5, 0.6) is 0 Å². The Morgan fingerprint density at radius 2 is 1.67 bits per heavy atom. The molecule has 0 aliphatic rings. The number of halogens is 3. The summed E-state index contributed by atoms with van der Waals surface area (Å²) in [5.74, 6) is -1.95. The van der Waals surface area contributed by atoms with Crippen LogP contribution in [-0.4, -0.2) is 16.8 Å². The lowest BCUT2D eigenvalue weighted by Crippen LogP contribution is -2.29. The number of nitrogens with zero attached hydrogens (tertiary/aromatic N) is 1. The molecule has 0 atom stereocenters. The molecular formula is C12H8F3N3O2S. The zero-order valence-electron chi connectivity index (χ0n) is 10.3. The molecule has 1 aromatic heterocycles. The molecule has 0 unspecified atom stereocenters. The standard InChI is InChI=1S/C12H8F3N3O2S/c13-12(14,15)7-1-3-8(4-2-7)17-9(19)10(20)18-11-16-5-6-21-11/h1-6H,(H,17,19)(H,16,18,20). The summed E-state index contributed by atoms with van der Waals surface area (Å²) >= 11 is 1.13. The molecule has 1 aromatic carbocycles. The molecule has 0 bridgehead atoms. The third-order valence-corrected chi connectivity index (χ3v) is 3.02. The number of benzene rings is 1. The van der Waals surface area contributed by atoms with Gasteiger partial charge in [0.1, 0.15) is 0 Å². The van der Waals surface area contributed by atoms with Gasteiger partial charge >= 0.3 is 18.0 Å². The van der Waals surface area contributed by atoms with E-state index in [1.165, 1.54) is 6.20 Å². The van der Waals surface area contributed by atoms with Crippen LogP contribution in [-0.2, 0) is 15.8 Å². The molecular weight excluding hydrogens is 307 g/mol. The summed E-state index contributed by atoms with van der Waals surface area (Å²) in [5, 5.41) is 6.31. The molecule has 110 valence electrons. The van der Waals surface area contributed by atoms with Crippen molar-refractivity contribution in [1.29, 1.82) is 0 Å². The van der Waals surface area contributed by atoms with E-state index < -0.39 is 23.6 Å². The maximum Gasteiger partial charge on any atom is 0.416 e. The van der Waals surface area contributed by atoms with Crippen LogP contribution in [0.1, 0.15) is 5.56 Å². The lowest BCUT2D eigenvalue weighted by Gasteiger charge is -2.08. The number of nitrogens with one attached hydrogen (secondary N) is 2. The van der Waals surface area contributed by atoms with Gasteiger partial charge in [-0.2, -0.15) is 13.2 Å². The Hall–Kier alpha value is -2.42. The second-order valence-corrected chi connectivity index (χ2v) is 4.72. The number of thiazole rings is 1. The van der Waals surface area contributed by atoms with Crippen LogP contribution in [0.3, 0.4) is 0 Å². The van der Waals surface area contributed by atoms with Crippen LogP contribution in [0.2, 0.25) is 0 Å². The quantitative estimate of drug-likeness (QED) is 0.837. The first kappa shape index (κ1) is 15.0. The second-order valence-electron chi connectivity index (χ2n) is 3.82. The van der Waals surface area contributed by atoms with Crippen molar-refractivity contribution in [2.45, 2.75) is 6.18 Å². The highest BCUT2D eigenvalue weighted by atomic mass is 32.1. The van der Waals surface area contributed by atoms with E-state index in [4.69, 9.17) is 0 Å². The fraction of sp³-hybridized carbons (Fsp3) is 0.0833. The normalized spacial score (nSPS) is 11.0. The average molecular weight is 315 g/mol. The van der Waals surface area contributed by atoms with Crippen molar-refractivity contribution in [3.8, 4) is 0 Å². The monoisotopic (exact) mass is 315 g/mol. The first-order chi connectivity index (χ1) is 9.86. The van der Waals surface area contributed by atoms with Crippen molar-refractivity contribution in [2.75, 3.05) is 10.6 Å². The molecule has 2 rings (SSSR count). The number of carbonyl (C=O) groups is 2. The molecule has 0 spiro atoms. The Morgan fingerprint density at radius 3 is 2.19 bits per heavy atom. The van der Waals surface area contributed by atoms with E-state index in [1.807, 2.05) is 0 Å². The molecule has 2 amide bonds. The van der Waals surface area contributed by atoms with Gasteiger partial charge in [0.05, 0.1) is 5.56 Å². The van der Waals surface area contributed by atoms with Gasteiger partial charge in [0.15, 0.2) is 5.13 Å². The van der Waals surface area contributed by atoms with E-state index in [2.05, 4.69) is 15.6 Å². The number of anilines is 2. The molecule has 0 fully saturated rings. The molecule has 21 heavy (non-hydrogen) atoms. The zero-order valence-corrected chi connectivity index (χ0v) is 11.1. The highest BCUT2D eigenvalue weighted by molar-refractivity contribution is 7.13. The third-order valence-electron chi connectivity index (χ3n) is 2.33. The molecule has 0 saturated heterocycles. The zero-order chi connectivity index (χ0) is 15.5. The van der Waals surface area contributed by atoms with Gasteiger partial charge in [0, 0.05) is 17.3 Å². The molecule has 0 aliphatic heterocycles. The fourth-order valence-electron chi connectivity index (χ4n) is 1.37. The maximum atomic E-state index is 12.4. The van der Waals surface area contributed by atoms with Crippen LogP contribution in [0.15, 0.2) is 35.8 Å². The van der Waals surface area contributed by atoms with Crippen molar-refractivity contribution in [3.05, 3.63) is 41.4 Å². The minimum absolute atomic E-state index is 0.0855. The summed E-state index contributed by atoms with van der Waals surface area (Å²) in [6.45, 7) is 0. The average Bonchev–Trinajstić information content (AvgIpc) is 2.91. The van der Waals surface area contributed by atoms with E-state index in [0.717, 1.165) is 35.6 Å². The summed E-state index contributed by atoms with van der Waals surface area (Å²) < 4.78 is 37.1. The van der Waals surface area contributed by atoms with Crippen LogP contribution in [0.4, 0.5) is 24.0 Å². The lowest BCUT2D eigenvalue weighted by atomic mass is 10.2. The number of aromatic nitrogens is 1. The number of hydrogen-bond donors (Lipinski definition) is 2. The molecule has 0 aliphatic carbocycles. The van der Waals surface area contributed by atoms with Crippen molar-refractivity contribution >= 4 is 34.0 Å². The van der Waals surface area contributed by atoms with E-state index in [0.29, 0.717) is 0 Å². The van der Waals surface area contributed by atoms with Gasteiger partial charge in [-0.15, -0.1) is 11.3 Å². The van der Waals surface area contributed by atoms with Crippen molar-refractivity contribution in [3.63, 3.8) is 0 Å². The largest absolute Gasteiger partial charge is 0.416 e. The van der Waals surface area contributed by atoms with Gasteiger partial charge in [-0.1, -0.05) is 0 Å². The van der Waals surface area contributed by atoms with Crippen molar-refractivity contribution in [1.82, 2.24) is 4.98 Å². The van der Waals surface area contributed by atoms with Crippen LogP contribution in [0, 0.1) is 0 Å². The number of amides is 2. The lowest BCUT2D eigenvalue weighted by molar-refractivity contribution is -0.137. The molecule has 0 saturated carbocycles. The summed E-state index contributed by atoms with van der Waals surface area (Å²) in [6, 6.07) is 3.76. The van der Waals surface area contributed by atoms with Crippen LogP contribution in [0.25, 0.3) is 0 Å². The smallest absolute Gasteiger partial charge is 0.318 e. The Bertz CT molecular complexity index is 639. The van der Waals surface area contributed by atoms with E-state index in [1.54, 1.807) is 5.38 Å². The fourth-order valence-corrected chi connectivity index (χ4v) is 1.89. The number of carbonyl (C=O) groups excluding carboxylic acids is 2. The summed E-state index contributed by atoms with van der Waals surface area (Å²) in [5.41, 5.74) is -0.755. The van der Waals surface area contributed by atoms with Gasteiger partial charge < -0.3 is 5.32 Å². The van der Waals surface area contributed by atoms with Gasteiger partial charge in [-0.05, 0) is 24.3 Å². The first-order valence-electron chi connectivity index (χ1n) is 5.55. The minimum Gasteiger partial charge on any atom is -0.318 e. The third kappa shape index (κ3) is 4.02.